The number of aryl methyl sites for hydroxylation is 2. The van der Waals surface area contributed by atoms with Crippen molar-refractivity contribution in [1.29, 1.82) is 0 Å². The first-order chi connectivity index (χ1) is 24.7. The zero-order valence-corrected chi connectivity index (χ0v) is 27.9. The van der Waals surface area contributed by atoms with Crippen molar-refractivity contribution in [3.05, 3.63) is 157 Å². The van der Waals surface area contributed by atoms with Crippen molar-refractivity contribution in [2.45, 2.75) is 13.8 Å². The predicted molar refractivity (Wildman–Crippen MR) is 216 cm³/mol. The molecule has 0 amide bonds. The quantitative estimate of drug-likeness (QED) is 0.178. The highest BCUT2D eigenvalue weighted by molar-refractivity contribution is 6.48. The molecule has 230 valence electrons. The molecule has 0 unspecified atom stereocenters. The molecule has 0 heteroatoms. The van der Waals surface area contributed by atoms with E-state index in [0.29, 0.717) is 0 Å². The van der Waals surface area contributed by atoms with E-state index in [4.69, 9.17) is 0 Å². The van der Waals surface area contributed by atoms with Gasteiger partial charge in [-0.05, 0) is 157 Å². The van der Waals surface area contributed by atoms with Gasteiger partial charge in [0.15, 0.2) is 0 Å². The molecule has 0 atom stereocenters. The Hall–Kier alpha value is -6.24. The molecule has 11 aromatic rings. The van der Waals surface area contributed by atoms with Crippen molar-refractivity contribution in [2.24, 2.45) is 0 Å². The number of fused-ring (bicyclic) bond motifs is 10. The van der Waals surface area contributed by atoms with Crippen LogP contribution in [0.4, 0.5) is 0 Å². The van der Waals surface area contributed by atoms with Gasteiger partial charge in [-0.2, -0.15) is 0 Å². The van der Waals surface area contributed by atoms with Crippen LogP contribution in [0.2, 0.25) is 0 Å². The first-order valence-electron chi connectivity index (χ1n) is 17.7. The lowest BCUT2D eigenvalue weighted by Gasteiger charge is -2.17. The lowest BCUT2D eigenvalue weighted by molar-refractivity contribution is 1.48. The first-order valence-corrected chi connectivity index (χ1v) is 17.7. The second-order valence-corrected chi connectivity index (χ2v) is 14.4. The number of rotatable bonds is 2. The van der Waals surface area contributed by atoms with Crippen LogP contribution in [0.1, 0.15) is 11.1 Å². The summed E-state index contributed by atoms with van der Waals surface area (Å²) >= 11 is 0. The van der Waals surface area contributed by atoms with E-state index in [1.807, 2.05) is 0 Å². The Bertz CT molecular complexity index is 3250. The zero-order chi connectivity index (χ0) is 32.8. The molecule has 0 fully saturated rings. The fourth-order valence-corrected chi connectivity index (χ4v) is 10.0. The SMILES string of the molecule is Cc1cc2c3c(c(C)ccc3c1-c1cc3c(-c4ccccc4)c4c5cccc6cccc(c65)c4c4c5ccccc5c(c1)c34)-c1ccccc1-2. The first kappa shape index (κ1) is 26.7. The lowest BCUT2D eigenvalue weighted by Crippen LogP contribution is -1.91. The van der Waals surface area contributed by atoms with Gasteiger partial charge in [-0.1, -0.05) is 133 Å². The van der Waals surface area contributed by atoms with Crippen LogP contribution in [-0.2, 0) is 0 Å². The molecule has 0 radical (unpaired) electrons. The topological polar surface area (TPSA) is 0 Å². The summed E-state index contributed by atoms with van der Waals surface area (Å²) in [5.74, 6) is 0. The average Bonchev–Trinajstić information content (AvgIpc) is 3.79. The zero-order valence-electron chi connectivity index (χ0n) is 27.9. The van der Waals surface area contributed by atoms with Crippen molar-refractivity contribution in [2.75, 3.05) is 0 Å². The molecule has 0 nitrogen and oxygen atoms in total. The summed E-state index contributed by atoms with van der Waals surface area (Å²) in [6.07, 6.45) is 0. The molecule has 0 aliphatic heterocycles. The molecule has 11 aromatic carbocycles. The summed E-state index contributed by atoms with van der Waals surface area (Å²) in [5, 5.41) is 19.0. The third-order valence-electron chi connectivity index (χ3n) is 11.9. The van der Waals surface area contributed by atoms with E-state index >= 15 is 0 Å². The second-order valence-electron chi connectivity index (χ2n) is 14.4. The normalized spacial score (nSPS) is 12.6. The van der Waals surface area contributed by atoms with Crippen LogP contribution >= 0.6 is 0 Å². The number of hydrogen-bond acceptors (Lipinski definition) is 0. The van der Waals surface area contributed by atoms with Crippen LogP contribution in [-0.4, -0.2) is 0 Å². The molecule has 0 heterocycles. The molecule has 12 rings (SSSR count). The summed E-state index contributed by atoms with van der Waals surface area (Å²) in [7, 11) is 0. The predicted octanol–water partition coefficient (Wildman–Crippen LogP) is 14.2. The highest BCUT2D eigenvalue weighted by atomic mass is 14.3. The smallest absolute Gasteiger partial charge is 0.000697 e. The maximum atomic E-state index is 2.53. The highest BCUT2D eigenvalue weighted by Gasteiger charge is 2.28. The van der Waals surface area contributed by atoms with Gasteiger partial charge in [0.2, 0.25) is 0 Å². The van der Waals surface area contributed by atoms with Crippen molar-refractivity contribution in [3.63, 3.8) is 0 Å². The third-order valence-corrected chi connectivity index (χ3v) is 11.9. The molecule has 0 saturated carbocycles. The van der Waals surface area contributed by atoms with Gasteiger partial charge >= 0.3 is 0 Å². The Balaban J connectivity index is 1.33. The Labute approximate surface area is 289 Å². The molecule has 50 heavy (non-hydrogen) atoms. The van der Waals surface area contributed by atoms with Crippen molar-refractivity contribution >= 4 is 75.4 Å². The minimum Gasteiger partial charge on any atom is -0.0622 e. The summed E-state index contributed by atoms with van der Waals surface area (Å²) in [6, 6.07) is 55.1. The molecule has 1 aliphatic rings. The molecule has 1 aliphatic carbocycles. The van der Waals surface area contributed by atoms with Crippen LogP contribution in [0.3, 0.4) is 0 Å². The van der Waals surface area contributed by atoms with Crippen molar-refractivity contribution < 1.29 is 0 Å². The van der Waals surface area contributed by atoms with Gasteiger partial charge in [-0.3, -0.25) is 0 Å². The van der Waals surface area contributed by atoms with Crippen LogP contribution in [0.5, 0.6) is 0 Å². The van der Waals surface area contributed by atoms with Crippen molar-refractivity contribution in [1.82, 2.24) is 0 Å². The fraction of sp³-hybridized carbons (Fsp3) is 0.0400. The summed E-state index contributed by atoms with van der Waals surface area (Å²) in [5.41, 5.74) is 13.3. The minimum absolute atomic E-state index is 1.27. The van der Waals surface area contributed by atoms with Gasteiger partial charge in [0.25, 0.3) is 0 Å². The van der Waals surface area contributed by atoms with Crippen LogP contribution in [0.15, 0.2) is 146 Å². The van der Waals surface area contributed by atoms with Crippen LogP contribution < -0.4 is 0 Å². The number of benzene rings is 9. The molecule has 0 saturated heterocycles. The largest absolute Gasteiger partial charge is 0.0622 e. The second kappa shape index (κ2) is 9.26. The van der Waals surface area contributed by atoms with E-state index in [9.17, 15) is 0 Å². The van der Waals surface area contributed by atoms with Gasteiger partial charge in [0.05, 0.1) is 0 Å². The minimum atomic E-state index is 1.27. The molecule has 0 spiro atoms. The van der Waals surface area contributed by atoms with Crippen LogP contribution in [0, 0.1) is 13.8 Å². The third kappa shape index (κ3) is 3.14. The van der Waals surface area contributed by atoms with Gasteiger partial charge < -0.3 is 0 Å². The number of hydrogen-bond donors (Lipinski definition) is 0. The summed E-state index contributed by atoms with van der Waals surface area (Å²) < 4.78 is 0. The van der Waals surface area contributed by atoms with E-state index < -0.39 is 0 Å². The maximum absolute atomic E-state index is 2.53. The van der Waals surface area contributed by atoms with Gasteiger partial charge in [0.1, 0.15) is 0 Å². The van der Waals surface area contributed by atoms with E-state index in [-0.39, 0.29) is 0 Å². The average molecular weight is 631 g/mol. The molecule has 0 N–H and O–H groups in total. The summed E-state index contributed by atoms with van der Waals surface area (Å²) in [6.45, 7) is 4.58. The summed E-state index contributed by atoms with van der Waals surface area (Å²) in [4.78, 5) is 0. The Morgan fingerprint density at radius 2 is 0.940 bits per heavy atom. The maximum Gasteiger partial charge on any atom is -0.000697 e. The fourth-order valence-electron chi connectivity index (χ4n) is 10.0. The standard InChI is InChI=1S/C50H30/c1-27-22-23-38-42(28(2)24-39-32-16-6-8-18-34(32)43(27)46(38)39)31-25-40-33-17-7-9-19-35(33)48-47(40)41(26-31)45(30-12-4-3-5-13-30)49-36-20-10-14-29-15-11-21-37(44(29)36)50(48)49/h3-26H,1-2H3. The highest BCUT2D eigenvalue weighted by Crippen LogP contribution is 2.56. The van der Waals surface area contributed by atoms with Gasteiger partial charge in [-0.25, -0.2) is 0 Å². The lowest BCUT2D eigenvalue weighted by atomic mass is 9.85. The monoisotopic (exact) mass is 630 g/mol. The van der Waals surface area contributed by atoms with Crippen molar-refractivity contribution in [3.8, 4) is 44.5 Å². The Morgan fingerprint density at radius 1 is 0.280 bits per heavy atom. The molecular formula is C50H30. The van der Waals surface area contributed by atoms with Gasteiger partial charge in [0, 0.05) is 0 Å². The van der Waals surface area contributed by atoms with E-state index in [1.54, 1.807) is 0 Å². The van der Waals surface area contributed by atoms with Crippen LogP contribution in [0.25, 0.3) is 120 Å². The van der Waals surface area contributed by atoms with Gasteiger partial charge in [-0.15, -0.1) is 0 Å². The van der Waals surface area contributed by atoms with E-state index in [0.717, 1.165) is 0 Å². The van der Waals surface area contributed by atoms with E-state index in [2.05, 4.69) is 159 Å². The Kier molecular flexibility index (Phi) is 4.94. The van der Waals surface area contributed by atoms with E-state index in [1.165, 1.54) is 131 Å². The molecular weight excluding hydrogens is 601 g/mol. The Morgan fingerprint density at radius 3 is 1.76 bits per heavy atom. The molecule has 0 aromatic heterocycles. The molecule has 0 bridgehead atoms.